The van der Waals surface area contributed by atoms with Crippen molar-refractivity contribution in [2.45, 2.75) is 6.42 Å². The van der Waals surface area contributed by atoms with E-state index < -0.39 is 0 Å². The number of halogens is 1. The minimum absolute atomic E-state index is 0.644. The van der Waals surface area contributed by atoms with Gasteiger partial charge in [0, 0.05) is 23.8 Å². The molecular formula is C17H16ClN3. The molecule has 106 valence electrons. The molecular weight excluding hydrogens is 282 g/mol. The number of aromatic nitrogens is 1. The Balaban J connectivity index is 1.72. The zero-order valence-corrected chi connectivity index (χ0v) is 12.3. The zero-order valence-electron chi connectivity index (χ0n) is 11.5. The van der Waals surface area contributed by atoms with Crippen LogP contribution in [0.1, 0.15) is 5.56 Å². The predicted octanol–water partition coefficient (Wildman–Crippen LogP) is 4.13. The standard InChI is InChI=1S/C17H16ClN3/c18-15-11-14(19)6-7-16(15)20-10-8-13-4-1-3-12-5-2-9-21-17(12)13/h1-7,9,11,20H,8,10,19H2. The number of anilines is 2. The van der Waals surface area contributed by atoms with Crippen LogP contribution in [0.4, 0.5) is 11.4 Å². The van der Waals surface area contributed by atoms with Gasteiger partial charge in [-0.3, -0.25) is 4.98 Å². The number of fused-ring (bicyclic) bond motifs is 1. The van der Waals surface area contributed by atoms with Gasteiger partial charge < -0.3 is 11.1 Å². The second-order valence-corrected chi connectivity index (χ2v) is 5.32. The smallest absolute Gasteiger partial charge is 0.0734 e. The molecule has 2 aromatic carbocycles. The molecule has 3 rings (SSSR count). The third-order valence-corrected chi connectivity index (χ3v) is 3.73. The Morgan fingerprint density at radius 2 is 1.95 bits per heavy atom. The van der Waals surface area contributed by atoms with Gasteiger partial charge in [-0.25, -0.2) is 0 Å². The zero-order chi connectivity index (χ0) is 14.7. The largest absolute Gasteiger partial charge is 0.399 e. The van der Waals surface area contributed by atoms with Gasteiger partial charge in [0.15, 0.2) is 0 Å². The summed E-state index contributed by atoms with van der Waals surface area (Å²) in [6.45, 7) is 0.791. The van der Waals surface area contributed by atoms with Crippen LogP contribution >= 0.6 is 11.6 Å². The van der Waals surface area contributed by atoms with Gasteiger partial charge in [-0.2, -0.15) is 0 Å². The van der Waals surface area contributed by atoms with E-state index in [1.165, 1.54) is 10.9 Å². The van der Waals surface area contributed by atoms with Crippen molar-refractivity contribution in [2.24, 2.45) is 0 Å². The normalized spacial score (nSPS) is 10.7. The molecule has 0 aliphatic rings. The highest BCUT2D eigenvalue weighted by Crippen LogP contribution is 2.24. The molecule has 0 amide bonds. The first-order valence-corrected chi connectivity index (χ1v) is 7.23. The first-order chi connectivity index (χ1) is 10.2. The average Bonchev–Trinajstić information content (AvgIpc) is 2.50. The number of benzene rings is 2. The van der Waals surface area contributed by atoms with E-state index in [0.717, 1.165) is 24.2 Å². The monoisotopic (exact) mass is 297 g/mol. The SMILES string of the molecule is Nc1ccc(NCCc2cccc3cccnc23)c(Cl)c1. The van der Waals surface area contributed by atoms with Gasteiger partial charge in [-0.1, -0.05) is 35.9 Å². The summed E-state index contributed by atoms with van der Waals surface area (Å²) in [6.07, 6.45) is 2.71. The van der Waals surface area contributed by atoms with Crippen LogP contribution in [0.25, 0.3) is 10.9 Å². The summed E-state index contributed by atoms with van der Waals surface area (Å²) >= 11 is 6.15. The highest BCUT2D eigenvalue weighted by molar-refractivity contribution is 6.33. The Morgan fingerprint density at radius 3 is 2.81 bits per heavy atom. The Kier molecular flexibility index (Phi) is 3.93. The molecule has 0 fully saturated rings. The summed E-state index contributed by atoms with van der Waals surface area (Å²) in [6, 6.07) is 15.8. The van der Waals surface area contributed by atoms with Crippen LogP contribution in [-0.4, -0.2) is 11.5 Å². The van der Waals surface area contributed by atoms with Crippen LogP contribution in [0.3, 0.4) is 0 Å². The van der Waals surface area contributed by atoms with Gasteiger partial charge in [0.05, 0.1) is 16.2 Å². The lowest BCUT2D eigenvalue weighted by Gasteiger charge is -2.10. The number of nitrogens with one attached hydrogen (secondary N) is 1. The van der Waals surface area contributed by atoms with Crippen molar-refractivity contribution in [2.75, 3.05) is 17.6 Å². The van der Waals surface area contributed by atoms with E-state index in [1.54, 1.807) is 6.07 Å². The fourth-order valence-corrected chi connectivity index (χ4v) is 2.63. The van der Waals surface area contributed by atoms with Crippen LogP contribution in [0.5, 0.6) is 0 Å². The number of rotatable bonds is 4. The lowest BCUT2D eigenvalue weighted by atomic mass is 10.1. The molecule has 0 unspecified atom stereocenters. The molecule has 4 heteroatoms. The lowest BCUT2D eigenvalue weighted by molar-refractivity contribution is 1.02. The molecule has 3 N–H and O–H groups in total. The van der Waals surface area contributed by atoms with Gasteiger partial charge in [0.1, 0.15) is 0 Å². The van der Waals surface area contributed by atoms with Crippen molar-refractivity contribution in [3.63, 3.8) is 0 Å². The summed E-state index contributed by atoms with van der Waals surface area (Å²) < 4.78 is 0. The maximum atomic E-state index is 6.15. The molecule has 0 bridgehead atoms. The fraction of sp³-hybridized carbons (Fsp3) is 0.118. The number of nitrogen functional groups attached to an aromatic ring is 1. The van der Waals surface area contributed by atoms with E-state index in [-0.39, 0.29) is 0 Å². The second-order valence-electron chi connectivity index (χ2n) is 4.91. The predicted molar refractivity (Wildman–Crippen MR) is 89.8 cm³/mol. The highest BCUT2D eigenvalue weighted by Gasteiger charge is 2.03. The van der Waals surface area contributed by atoms with Crippen LogP contribution in [-0.2, 0) is 6.42 Å². The Morgan fingerprint density at radius 1 is 1.10 bits per heavy atom. The first-order valence-electron chi connectivity index (χ1n) is 6.85. The molecule has 0 aliphatic heterocycles. The molecule has 3 aromatic rings. The number of para-hydroxylation sites is 1. The van der Waals surface area contributed by atoms with Crippen LogP contribution in [0, 0.1) is 0 Å². The summed E-state index contributed by atoms with van der Waals surface area (Å²) in [5.41, 5.74) is 9.55. The lowest BCUT2D eigenvalue weighted by Crippen LogP contribution is -2.06. The van der Waals surface area contributed by atoms with E-state index in [1.807, 2.05) is 24.4 Å². The molecule has 1 heterocycles. The van der Waals surface area contributed by atoms with E-state index in [4.69, 9.17) is 17.3 Å². The molecule has 0 radical (unpaired) electrons. The topological polar surface area (TPSA) is 50.9 Å². The molecule has 0 spiro atoms. The van der Waals surface area contributed by atoms with Crippen molar-refractivity contribution >= 4 is 33.9 Å². The molecule has 1 aromatic heterocycles. The molecule has 0 saturated carbocycles. The van der Waals surface area contributed by atoms with E-state index in [9.17, 15) is 0 Å². The average molecular weight is 298 g/mol. The summed E-state index contributed by atoms with van der Waals surface area (Å²) in [5.74, 6) is 0. The number of hydrogen-bond acceptors (Lipinski definition) is 3. The Hall–Kier alpha value is -2.26. The Labute approximate surface area is 128 Å². The second kappa shape index (κ2) is 6.02. The van der Waals surface area contributed by atoms with E-state index in [2.05, 4.69) is 34.6 Å². The number of nitrogens with zero attached hydrogens (tertiary/aromatic N) is 1. The van der Waals surface area contributed by atoms with Crippen molar-refractivity contribution < 1.29 is 0 Å². The van der Waals surface area contributed by atoms with Crippen molar-refractivity contribution in [1.29, 1.82) is 0 Å². The fourth-order valence-electron chi connectivity index (χ4n) is 2.38. The van der Waals surface area contributed by atoms with Gasteiger partial charge in [-0.15, -0.1) is 0 Å². The first kappa shape index (κ1) is 13.7. The summed E-state index contributed by atoms with van der Waals surface area (Å²) in [5, 5.41) is 5.15. The van der Waals surface area contributed by atoms with Gasteiger partial charge in [-0.05, 0) is 36.2 Å². The Bertz CT molecular complexity index is 766. The molecule has 3 nitrogen and oxygen atoms in total. The third kappa shape index (κ3) is 3.09. The summed E-state index contributed by atoms with van der Waals surface area (Å²) in [7, 11) is 0. The van der Waals surface area contributed by atoms with E-state index in [0.29, 0.717) is 10.7 Å². The number of nitrogens with two attached hydrogens (primary N) is 1. The van der Waals surface area contributed by atoms with Gasteiger partial charge >= 0.3 is 0 Å². The minimum Gasteiger partial charge on any atom is -0.399 e. The minimum atomic E-state index is 0.644. The molecule has 21 heavy (non-hydrogen) atoms. The molecule has 0 saturated heterocycles. The maximum absolute atomic E-state index is 6.15. The molecule has 0 atom stereocenters. The van der Waals surface area contributed by atoms with Gasteiger partial charge in [0.25, 0.3) is 0 Å². The van der Waals surface area contributed by atoms with Crippen molar-refractivity contribution in [3.8, 4) is 0 Å². The highest BCUT2D eigenvalue weighted by atomic mass is 35.5. The molecule has 0 aliphatic carbocycles. The van der Waals surface area contributed by atoms with Crippen molar-refractivity contribution in [3.05, 3.63) is 65.3 Å². The maximum Gasteiger partial charge on any atom is 0.0734 e. The van der Waals surface area contributed by atoms with E-state index >= 15 is 0 Å². The summed E-state index contributed by atoms with van der Waals surface area (Å²) in [4.78, 5) is 4.47. The van der Waals surface area contributed by atoms with Crippen molar-refractivity contribution in [1.82, 2.24) is 4.98 Å². The number of hydrogen-bond donors (Lipinski definition) is 2. The third-order valence-electron chi connectivity index (χ3n) is 3.42. The van der Waals surface area contributed by atoms with Gasteiger partial charge in [0.2, 0.25) is 0 Å². The van der Waals surface area contributed by atoms with Crippen LogP contribution in [0.2, 0.25) is 5.02 Å². The van der Waals surface area contributed by atoms with Crippen LogP contribution < -0.4 is 11.1 Å². The quantitative estimate of drug-likeness (QED) is 0.712. The van der Waals surface area contributed by atoms with Crippen LogP contribution in [0.15, 0.2) is 54.7 Å². The number of pyridine rings is 1.